The van der Waals surface area contributed by atoms with E-state index in [1.807, 2.05) is 11.8 Å². The Morgan fingerprint density at radius 3 is 2.54 bits per heavy atom. The molecule has 0 atom stereocenters. The summed E-state index contributed by atoms with van der Waals surface area (Å²) in [5, 5.41) is 8.76. The molecule has 0 spiro atoms. The van der Waals surface area contributed by atoms with Crippen molar-refractivity contribution in [3.8, 4) is 0 Å². The van der Waals surface area contributed by atoms with Crippen LogP contribution in [0.3, 0.4) is 0 Å². The Kier molecular flexibility index (Phi) is 4.22. The molecule has 0 unspecified atom stereocenters. The van der Waals surface area contributed by atoms with Crippen LogP contribution < -0.4 is 0 Å². The number of likely N-dealkylation sites (tertiary alicyclic amines) is 1. The highest BCUT2D eigenvalue weighted by atomic mass is 16.3. The highest BCUT2D eigenvalue weighted by Gasteiger charge is 2.20. The summed E-state index contributed by atoms with van der Waals surface area (Å²) >= 11 is 0. The molecule has 1 fully saturated rings. The quantitative estimate of drug-likeness (QED) is 0.713. The van der Waals surface area contributed by atoms with Gasteiger partial charge in [-0.3, -0.25) is 4.79 Å². The fraction of sp³-hybridized carbons (Fsp3) is 0.900. The van der Waals surface area contributed by atoms with Gasteiger partial charge in [0.25, 0.3) is 0 Å². The van der Waals surface area contributed by atoms with E-state index in [1.165, 1.54) is 0 Å². The Balaban J connectivity index is 2.26. The topological polar surface area (TPSA) is 40.5 Å². The van der Waals surface area contributed by atoms with Crippen molar-refractivity contribution >= 4 is 5.91 Å². The molecule has 0 aliphatic carbocycles. The first-order valence-corrected chi connectivity index (χ1v) is 5.16. The molecule has 0 aromatic carbocycles. The van der Waals surface area contributed by atoms with Crippen LogP contribution in [-0.2, 0) is 4.79 Å². The van der Waals surface area contributed by atoms with Crippen LogP contribution in [-0.4, -0.2) is 35.6 Å². The molecule has 0 aromatic rings. The van der Waals surface area contributed by atoms with E-state index in [2.05, 4.69) is 0 Å². The Labute approximate surface area is 79.7 Å². The molecular formula is C10H19NO2. The molecule has 3 nitrogen and oxygen atoms in total. The number of hydrogen-bond donors (Lipinski definition) is 1. The van der Waals surface area contributed by atoms with Crippen molar-refractivity contribution in [2.24, 2.45) is 5.92 Å². The SMILES string of the molecule is CCC(=O)N1CCC(CCO)CC1. The largest absolute Gasteiger partial charge is 0.396 e. The molecule has 1 heterocycles. The van der Waals surface area contributed by atoms with Gasteiger partial charge in [0.1, 0.15) is 0 Å². The van der Waals surface area contributed by atoms with Gasteiger partial charge in [-0.05, 0) is 25.2 Å². The van der Waals surface area contributed by atoms with E-state index in [9.17, 15) is 4.79 Å². The molecule has 1 amide bonds. The van der Waals surface area contributed by atoms with Crippen molar-refractivity contribution in [3.05, 3.63) is 0 Å². The number of piperidine rings is 1. The van der Waals surface area contributed by atoms with Crippen molar-refractivity contribution in [3.63, 3.8) is 0 Å². The second-order valence-corrected chi connectivity index (χ2v) is 3.69. The minimum Gasteiger partial charge on any atom is -0.396 e. The third-order valence-corrected chi connectivity index (χ3v) is 2.81. The molecule has 0 bridgehead atoms. The Bertz CT molecular complexity index is 162. The van der Waals surface area contributed by atoms with Crippen LogP contribution >= 0.6 is 0 Å². The Hall–Kier alpha value is -0.570. The summed E-state index contributed by atoms with van der Waals surface area (Å²) < 4.78 is 0. The lowest BCUT2D eigenvalue weighted by molar-refractivity contribution is -0.132. The van der Waals surface area contributed by atoms with Gasteiger partial charge in [-0.1, -0.05) is 6.92 Å². The van der Waals surface area contributed by atoms with E-state index in [0.717, 1.165) is 32.4 Å². The van der Waals surface area contributed by atoms with Crippen LogP contribution in [0, 0.1) is 5.92 Å². The number of hydrogen-bond acceptors (Lipinski definition) is 2. The number of carbonyl (C=O) groups is 1. The van der Waals surface area contributed by atoms with Gasteiger partial charge in [-0.25, -0.2) is 0 Å². The molecule has 0 radical (unpaired) electrons. The number of rotatable bonds is 3. The molecule has 76 valence electrons. The molecule has 0 saturated carbocycles. The zero-order valence-corrected chi connectivity index (χ0v) is 8.33. The zero-order chi connectivity index (χ0) is 9.68. The van der Waals surface area contributed by atoms with Crippen molar-refractivity contribution in [2.45, 2.75) is 32.6 Å². The molecule has 3 heteroatoms. The van der Waals surface area contributed by atoms with Crippen molar-refractivity contribution < 1.29 is 9.90 Å². The first kappa shape index (κ1) is 10.5. The third-order valence-electron chi connectivity index (χ3n) is 2.81. The standard InChI is InChI=1S/C10H19NO2/c1-2-10(13)11-6-3-9(4-7-11)5-8-12/h9,12H,2-8H2,1H3. The number of carbonyl (C=O) groups excluding carboxylic acids is 1. The molecule has 1 aliphatic rings. The smallest absolute Gasteiger partial charge is 0.222 e. The summed E-state index contributed by atoms with van der Waals surface area (Å²) in [5.41, 5.74) is 0. The van der Waals surface area contributed by atoms with Gasteiger partial charge < -0.3 is 10.0 Å². The van der Waals surface area contributed by atoms with E-state index in [-0.39, 0.29) is 12.5 Å². The maximum absolute atomic E-state index is 11.3. The summed E-state index contributed by atoms with van der Waals surface area (Å²) in [6, 6.07) is 0. The van der Waals surface area contributed by atoms with E-state index >= 15 is 0 Å². The van der Waals surface area contributed by atoms with Crippen molar-refractivity contribution in [2.75, 3.05) is 19.7 Å². The van der Waals surface area contributed by atoms with Crippen LogP contribution in [0.5, 0.6) is 0 Å². The lowest BCUT2D eigenvalue weighted by atomic mass is 9.94. The lowest BCUT2D eigenvalue weighted by Gasteiger charge is -2.31. The second-order valence-electron chi connectivity index (χ2n) is 3.69. The van der Waals surface area contributed by atoms with E-state index in [1.54, 1.807) is 0 Å². The van der Waals surface area contributed by atoms with E-state index < -0.39 is 0 Å². The summed E-state index contributed by atoms with van der Waals surface area (Å²) in [6.07, 6.45) is 3.64. The van der Waals surface area contributed by atoms with Gasteiger partial charge in [0.15, 0.2) is 0 Å². The van der Waals surface area contributed by atoms with Gasteiger partial charge in [0, 0.05) is 26.1 Å². The van der Waals surface area contributed by atoms with E-state index in [0.29, 0.717) is 12.3 Å². The average Bonchev–Trinajstić information content (AvgIpc) is 2.18. The fourth-order valence-corrected chi connectivity index (χ4v) is 1.88. The summed E-state index contributed by atoms with van der Waals surface area (Å²) in [6.45, 7) is 3.96. The lowest BCUT2D eigenvalue weighted by Crippen LogP contribution is -2.38. The highest BCUT2D eigenvalue weighted by molar-refractivity contribution is 5.75. The van der Waals surface area contributed by atoms with Crippen LogP contribution in [0.4, 0.5) is 0 Å². The van der Waals surface area contributed by atoms with Crippen molar-refractivity contribution in [1.29, 1.82) is 0 Å². The average molecular weight is 185 g/mol. The molecular weight excluding hydrogens is 166 g/mol. The van der Waals surface area contributed by atoms with Gasteiger partial charge in [0.2, 0.25) is 5.91 Å². The van der Waals surface area contributed by atoms with Crippen molar-refractivity contribution in [1.82, 2.24) is 4.90 Å². The zero-order valence-electron chi connectivity index (χ0n) is 8.33. The minimum atomic E-state index is 0.266. The first-order chi connectivity index (χ1) is 6.27. The van der Waals surface area contributed by atoms with E-state index in [4.69, 9.17) is 5.11 Å². The highest BCUT2D eigenvalue weighted by Crippen LogP contribution is 2.20. The second kappa shape index (κ2) is 5.22. The molecule has 1 saturated heterocycles. The van der Waals surface area contributed by atoms with Gasteiger partial charge in [0.05, 0.1) is 0 Å². The maximum Gasteiger partial charge on any atom is 0.222 e. The Morgan fingerprint density at radius 1 is 1.46 bits per heavy atom. The van der Waals surface area contributed by atoms with Crippen LogP contribution in [0.2, 0.25) is 0 Å². The monoisotopic (exact) mass is 185 g/mol. The minimum absolute atomic E-state index is 0.266. The normalized spacial score (nSPS) is 19.1. The molecule has 1 N–H and O–H groups in total. The van der Waals surface area contributed by atoms with Crippen LogP contribution in [0.1, 0.15) is 32.6 Å². The summed E-state index contributed by atoms with van der Waals surface area (Å²) in [4.78, 5) is 13.2. The first-order valence-electron chi connectivity index (χ1n) is 5.16. The van der Waals surface area contributed by atoms with Crippen LogP contribution in [0.15, 0.2) is 0 Å². The third kappa shape index (κ3) is 2.99. The van der Waals surface area contributed by atoms with Gasteiger partial charge in [-0.15, -0.1) is 0 Å². The summed E-state index contributed by atoms with van der Waals surface area (Å²) in [7, 11) is 0. The van der Waals surface area contributed by atoms with Gasteiger partial charge in [-0.2, -0.15) is 0 Å². The number of nitrogens with zero attached hydrogens (tertiary/aromatic N) is 1. The number of aliphatic hydroxyl groups excluding tert-OH is 1. The molecule has 13 heavy (non-hydrogen) atoms. The Morgan fingerprint density at radius 2 is 2.08 bits per heavy atom. The predicted molar refractivity (Wildman–Crippen MR) is 51.3 cm³/mol. The predicted octanol–water partition coefficient (Wildman–Crippen LogP) is 1.02. The number of amides is 1. The van der Waals surface area contributed by atoms with Crippen LogP contribution in [0.25, 0.3) is 0 Å². The number of aliphatic hydroxyl groups is 1. The maximum atomic E-state index is 11.3. The molecule has 1 rings (SSSR count). The fourth-order valence-electron chi connectivity index (χ4n) is 1.88. The molecule has 1 aliphatic heterocycles. The van der Waals surface area contributed by atoms with Gasteiger partial charge >= 0.3 is 0 Å². The summed E-state index contributed by atoms with van der Waals surface area (Å²) in [5.74, 6) is 0.897. The molecule has 0 aromatic heterocycles.